The van der Waals surface area contributed by atoms with Gasteiger partial charge in [0.15, 0.2) is 0 Å². The second-order valence-electron chi connectivity index (χ2n) is 6.70. The van der Waals surface area contributed by atoms with Gasteiger partial charge in [0.25, 0.3) is 0 Å². The number of alkyl halides is 3. The van der Waals surface area contributed by atoms with Gasteiger partial charge in [-0.25, -0.2) is 19.4 Å². The highest BCUT2D eigenvalue weighted by molar-refractivity contribution is 5.69. The molecule has 1 fully saturated rings. The zero-order chi connectivity index (χ0) is 21.3. The molecule has 2 N–H and O–H groups in total. The Balaban J connectivity index is 1.53. The van der Waals surface area contributed by atoms with Crippen molar-refractivity contribution < 1.29 is 22.7 Å². The molecule has 1 aliphatic heterocycles. The molecule has 0 bridgehead atoms. The SMILES string of the molecule is Cc1cc(Nc2cc(C(F)(F)F)ccn2)nc(-c2cn(C[C@@H]3CNC(=O)O3)nn2)c1. The molecule has 30 heavy (non-hydrogen) atoms. The number of ether oxygens (including phenoxy) is 1. The van der Waals surface area contributed by atoms with Gasteiger partial charge in [-0.3, -0.25) is 0 Å². The van der Waals surface area contributed by atoms with Crippen LogP contribution in [0.1, 0.15) is 11.1 Å². The third-order valence-electron chi connectivity index (χ3n) is 4.25. The van der Waals surface area contributed by atoms with E-state index >= 15 is 0 Å². The smallest absolute Gasteiger partial charge is 0.416 e. The Bertz CT molecular complexity index is 1080. The molecule has 1 amide bonds. The molecule has 4 heterocycles. The minimum Gasteiger partial charge on any atom is -0.442 e. The standard InChI is InChI=1S/C18H16F3N7O2/c1-10-4-13(14-9-28(27-26-14)8-12-7-23-17(29)30-12)24-16(5-10)25-15-6-11(2-3-22-15)18(19,20)21/h2-6,9,12H,7-8H2,1H3,(H,23,29)(H,22,24,25)/t12-/m0/s1. The van der Waals surface area contributed by atoms with Crippen LogP contribution < -0.4 is 10.6 Å². The zero-order valence-electron chi connectivity index (χ0n) is 15.6. The minimum absolute atomic E-state index is 0.0214. The van der Waals surface area contributed by atoms with Gasteiger partial charge in [0.05, 0.1) is 30.5 Å². The largest absolute Gasteiger partial charge is 0.442 e. The molecule has 0 unspecified atom stereocenters. The predicted octanol–water partition coefficient (Wildman–Crippen LogP) is 2.91. The topological polar surface area (TPSA) is 107 Å². The maximum Gasteiger partial charge on any atom is 0.416 e. The summed E-state index contributed by atoms with van der Waals surface area (Å²) in [4.78, 5) is 19.4. The van der Waals surface area contributed by atoms with Crippen molar-refractivity contribution in [2.24, 2.45) is 0 Å². The second kappa shape index (κ2) is 7.61. The molecule has 0 radical (unpaired) electrons. The molecule has 156 valence electrons. The Morgan fingerprint density at radius 1 is 1.27 bits per heavy atom. The zero-order valence-corrected chi connectivity index (χ0v) is 15.6. The number of alkyl carbamates (subject to hydrolysis) is 1. The molecule has 0 spiro atoms. The fourth-order valence-electron chi connectivity index (χ4n) is 2.92. The van der Waals surface area contributed by atoms with Crippen LogP contribution in [0.4, 0.5) is 29.6 Å². The number of pyridine rings is 2. The van der Waals surface area contributed by atoms with E-state index in [1.165, 1.54) is 4.68 Å². The Kier molecular flexibility index (Phi) is 4.98. The van der Waals surface area contributed by atoms with Crippen LogP contribution in [-0.2, 0) is 17.5 Å². The summed E-state index contributed by atoms with van der Waals surface area (Å²) in [5.74, 6) is 0.341. The van der Waals surface area contributed by atoms with Crippen molar-refractivity contribution in [3.63, 3.8) is 0 Å². The maximum absolute atomic E-state index is 12.9. The minimum atomic E-state index is -4.47. The highest BCUT2D eigenvalue weighted by Gasteiger charge is 2.30. The molecule has 0 aliphatic carbocycles. The van der Waals surface area contributed by atoms with Crippen molar-refractivity contribution in [3.8, 4) is 11.4 Å². The fraction of sp³-hybridized carbons (Fsp3) is 0.278. The van der Waals surface area contributed by atoms with Gasteiger partial charge in [-0.1, -0.05) is 5.21 Å². The van der Waals surface area contributed by atoms with Crippen LogP contribution in [0.2, 0.25) is 0 Å². The maximum atomic E-state index is 12.9. The molecule has 9 nitrogen and oxygen atoms in total. The summed E-state index contributed by atoms with van der Waals surface area (Å²) >= 11 is 0. The van der Waals surface area contributed by atoms with Crippen LogP contribution in [0.5, 0.6) is 0 Å². The van der Waals surface area contributed by atoms with Crippen LogP contribution >= 0.6 is 0 Å². The number of hydrogen-bond acceptors (Lipinski definition) is 7. The first kappa shape index (κ1) is 19.6. The molecule has 4 rings (SSSR count). The number of rotatable bonds is 5. The summed E-state index contributed by atoms with van der Waals surface area (Å²) in [5.41, 5.74) is 0.962. The lowest BCUT2D eigenvalue weighted by atomic mass is 10.2. The van der Waals surface area contributed by atoms with Crippen molar-refractivity contribution in [1.29, 1.82) is 0 Å². The lowest BCUT2D eigenvalue weighted by Crippen LogP contribution is -2.20. The summed E-state index contributed by atoms with van der Waals surface area (Å²) in [7, 11) is 0. The summed E-state index contributed by atoms with van der Waals surface area (Å²) < 4.78 is 45.3. The quantitative estimate of drug-likeness (QED) is 0.655. The monoisotopic (exact) mass is 419 g/mol. The number of nitrogens with one attached hydrogen (secondary N) is 2. The number of hydrogen-bond donors (Lipinski definition) is 2. The molecule has 1 atom stereocenters. The normalized spacial score (nSPS) is 16.3. The number of carbonyl (C=O) groups is 1. The van der Waals surface area contributed by atoms with E-state index in [1.807, 2.05) is 6.92 Å². The van der Waals surface area contributed by atoms with Crippen molar-refractivity contribution >= 4 is 17.7 Å². The number of amides is 1. The molecule has 0 aromatic carbocycles. The molecule has 1 aliphatic rings. The lowest BCUT2D eigenvalue weighted by Gasteiger charge is -2.10. The van der Waals surface area contributed by atoms with Crippen LogP contribution in [0, 0.1) is 6.92 Å². The number of carbonyl (C=O) groups excluding carboxylic acids is 1. The van der Waals surface area contributed by atoms with Gasteiger partial charge in [-0.15, -0.1) is 5.10 Å². The molecular formula is C18H16F3N7O2. The van der Waals surface area contributed by atoms with Crippen LogP contribution in [0.15, 0.2) is 36.7 Å². The Morgan fingerprint density at radius 2 is 2.10 bits per heavy atom. The van der Waals surface area contributed by atoms with E-state index in [4.69, 9.17) is 4.74 Å². The predicted molar refractivity (Wildman–Crippen MR) is 98.8 cm³/mol. The van der Waals surface area contributed by atoms with E-state index in [9.17, 15) is 18.0 Å². The highest BCUT2D eigenvalue weighted by Crippen LogP contribution is 2.30. The van der Waals surface area contributed by atoms with Gasteiger partial charge < -0.3 is 15.4 Å². The summed E-state index contributed by atoms with van der Waals surface area (Å²) in [6.07, 6.45) is -2.55. The number of aryl methyl sites for hydroxylation is 1. The van der Waals surface area contributed by atoms with Gasteiger partial charge in [0.2, 0.25) is 0 Å². The van der Waals surface area contributed by atoms with Gasteiger partial charge in [0, 0.05) is 6.20 Å². The van der Waals surface area contributed by atoms with Crippen LogP contribution in [0.25, 0.3) is 11.4 Å². The molecule has 3 aromatic heterocycles. The average Bonchev–Trinajstić information content (AvgIpc) is 3.30. The van der Waals surface area contributed by atoms with Crippen molar-refractivity contribution in [3.05, 3.63) is 47.8 Å². The van der Waals surface area contributed by atoms with Gasteiger partial charge in [0.1, 0.15) is 23.4 Å². The number of cyclic esters (lactones) is 1. The van der Waals surface area contributed by atoms with E-state index in [2.05, 4.69) is 30.9 Å². The Labute approximate surface area is 168 Å². The van der Waals surface area contributed by atoms with E-state index in [0.717, 1.165) is 23.9 Å². The lowest BCUT2D eigenvalue weighted by molar-refractivity contribution is -0.137. The Hall–Kier alpha value is -3.70. The molecular weight excluding hydrogens is 403 g/mol. The van der Waals surface area contributed by atoms with Gasteiger partial charge in [-0.2, -0.15) is 13.2 Å². The molecule has 12 heteroatoms. The van der Waals surface area contributed by atoms with E-state index in [-0.39, 0.29) is 11.9 Å². The van der Waals surface area contributed by atoms with E-state index < -0.39 is 17.8 Å². The summed E-state index contributed by atoms with van der Waals surface area (Å²) in [6, 6.07) is 5.27. The number of nitrogens with zero attached hydrogens (tertiary/aromatic N) is 5. The highest BCUT2D eigenvalue weighted by atomic mass is 19.4. The number of aromatic nitrogens is 5. The van der Waals surface area contributed by atoms with Gasteiger partial charge in [-0.05, 0) is 36.8 Å². The first-order valence-corrected chi connectivity index (χ1v) is 8.90. The van der Waals surface area contributed by atoms with Crippen molar-refractivity contribution in [2.75, 3.05) is 11.9 Å². The van der Waals surface area contributed by atoms with Crippen molar-refractivity contribution in [1.82, 2.24) is 30.3 Å². The first-order valence-electron chi connectivity index (χ1n) is 8.90. The third kappa shape index (κ3) is 4.47. The van der Waals surface area contributed by atoms with Crippen LogP contribution in [-0.4, -0.2) is 43.7 Å². The molecule has 3 aromatic rings. The fourth-order valence-corrected chi connectivity index (χ4v) is 2.92. The molecule has 0 saturated carbocycles. The van der Waals surface area contributed by atoms with E-state index in [1.54, 1.807) is 18.3 Å². The van der Waals surface area contributed by atoms with E-state index in [0.29, 0.717) is 30.3 Å². The first-order chi connectivity index (χ1) is 14.3. The van der Waals surface area contributed by atoms with Crippen molar-refractivity contribution in [2.45, 2.75) is 25.7 Å². The number of anilines is 2. The average molecular weight is 419 g/mol. The second-order valence-corrected chi connectivity index (χ2v) is 6.70. The summed E-state index contributed by atoms with van der Waals surface area (Å²) in [5, 5.41) is 13.4. The third-order valence-corrected chi connectivity index (χ3v) is 4.25. The van der Waals surface area contributed by atoms with Gasteiger partial charge >= 0.3 is 12.3 Å². The number of halogens is 3. The Morgan fingerprint density at radius 3 is 2.83 bits per heavy atom. The van der Waals surface area contributed by atoms with Crippen LogP contribution in [0.3, 0.4) is 0 Å². The summed E-state index contributed by atoms with van der Waals surface area (Å²) in [6.45, 7) is 2.54. The molecule has 1 saturated heterocycles.